The second-order valence-corrected chi connectivity index (χ2v) is 7.11. The van der Waals surface area contributed by atoms with Gasteiger partial charge in [-0.3, -0.25) is 9.79 Å². The van der Waals surface area contributed by atoms with Crippen LogP contribution in [0.15, 0.2) is 47.5 Å². The van der Waals surface area contributed by atoms with E-state index in [0.29, 0.717) is 18.8 Å². The average molecular weight is 538 g/mol. The quantitative estimate of drug-likeness (QED) is 0.335. The summed E-state index contributed by atoms with van der Waals surface area (Å²) in [6, 6.07) is 13.7. The fraction of sp³-hybridized carbons (Fsp3) is 0.409. The maximum Gasteiger partial charge on any atom is 0.227 e. The molecular formula is C22H31IN6O2. The SMILES string of the molecule is CN=C(NCCC(=O)Nc1cccc(C)n1)N1CCN(c2cccc(OC)c2)CC1.I. The molecule has 1 saturated heterocycles. The highest BCUT2D eigenvalue weighted by Crippen LogP contribution is 2.22. The molecule has 31 heavy (non-hydrogen) atoms. The molecule has 1 aromatic heterocycles. The number of pyridine rings is 1. The number of carbonyl (C=O) groups is 1. The van der Waals surface area contributed by atoms with Gasteiger partial charge in [-0.25, -0.2) is 4.98 Å². The van der Waals surface area contributed by atoms with E-state index in [4.69, 9.17) is 4.74 Å². The molecule has 2 aromatic rings. The number of aliphatic imine (C=N–C) groups is 1. The molecule has 0 unspecified atom stereocenters. The van der Waals surface area contributed by atoms with Crippen LogP contribution in [-0.4, -0.2) is 68.6 Å². The Labute approximate surface area is 201 Å². The van der Waals surface area contributed by atoms with E-state index in [-0.39, 0.29) is 29.9 Å². The van der Waals surface area contributed by atoms with Crippen LogP contribution < -0.4 is 20.3 Å². The number of benzene rings is 1. The van der Waals surface area contributed by atoms with Crippen LogP contribution in [0.4, 0.5) is 11.5 Å². The van der Waals surface area contributed by atoms with E-state index in [1.165, 1.54) is 5.69 Å². The highest BCUT2D eigenvalue weighted by molar-refractivity contribution is 14.0. The van der Waals surface area contributed by atoms with Gasteiger partial charge in [0.2, 0.25) is 5.91 Å². The van der Waals surface area contributed by atoms with E-state index in [0.717, 1.165) is 43.6 Å². The van der Waals surface area contributed by atoms with Gasteiger partial charge < -0.3 is 25.2 Å². The number of rotatable bonds is 6. The van der Waals surface area contributed by atoms with Crippen LogP contribution in [0.25, 0.3) is 0 Å². The molecule has 9 heteroatoms. The number of nitrogens with zero attached hydrogens (tertiary/aromatic N) is 4. The summed E-state index contributed by atoms with van der Waals surface area (Å²) in [6.45, 7) is 5.92. The van der Waals surface area contributed by atoms with Crippen molar-refractivity contribution >= 4 is 47.3 Å². The molecular weight excluding hydrogens is 507 g/mol. The van der Waals surface area contributed by atoms with Gasteiger partial charge in [0.25, 0.3) is 0 Å². The molecule has 0 saturated carbocycles. The Bertz CT molecular complexity index is 884. The van der Waals surface area contributed by atoms with Crippen molar-refractivity contribution in [2.24, 2.45) is 4.99 Å². The number of hydrogen-bond acceptors (Lipinski definition) is 5. The zero-order valence-corrected chi connectivity index (χ0v) is 20.6. The number of aryl methyl sites for hydroxylation is 1. The van der Waals surface area contributed by atoms with Crippen LogP contribution >= 0.6 is 24.0 Å². The Morgan fingerprint density at radius 2 is 1.90 bits per heavy atom. The standard InChI is InChI=1S/C22H30N6O2.HI/c1-17-6-4-9-20(25-17)26-21(29)10-11-24-22(23-2)28-14-12-27(13-15-28)18-7-5-8-19(16-18)30-3;/h4-9,16H,10-15H2,1-3H3,(H,23,24)(H,25,26,29);1H. The molecule has 1 aliphatic rings. The molecule has 1 aliphatic heterocycles. The molecule has 1 amide bonds. The maximum atomic E-state index is 12.2. The highest BCUT2D eigenvalue weighted by Gasteiger charge is 2.20. The third-order valence-electron chi connectivity index (χ3n) is 5.00. The Morgan fingerprint density at radius 1 is 1.16 bits per heavy atom. The second kappa shape index (κ2) is 12.3. The number of halogens is 1. The van der Waals surface area contributed by atoms with Gasteiger partial charge in [-0.05, 0) is 31.2 Å². The fourth-order valence-corrected chi connectivity index (χ4v) is 3.42. The van der Waals surface area contributed by atoms with Gasteiger partial charge in [0.1, 0.15) is 11.6 Å². The largest absolute Gasteiger partial charge is 0.497 e. The van der Waals surface area contributed by atoms with Crippen molar-refractivity contribution in [2.45, 2.75) is 13.3 Å². The third kappa shape index (κ3) is 7.27. The minimum atomic E-state index is -0.0705. The van der Waals surface area contributed by atoms with Crippen LogP contribution in [-0.2, 0) is 4.79 Å². The predicted molar refractivity (Wildman–Crippen MR) is 136 cm³/mol. The van der Waals surface area contributed by atoms with Crippen molar-refractivity contribution in [3.05, 3.63) is 48.2 Å². The Morgan fingerprint density at radius 3 is 2.58 bits per heavy atom. The van der Waals surface area contributed by atoms with Crippen LogP contribution in [0.5, 0.6) is 5.75 Å². The third-order valence-corrected chi connectivity index (χ3v) is 5.00. The monoisotopic (exact) mass is 538 g/mol. The summed E-state index contributed by atoms with van der Waals surface area (Å²) in [5.74, 6) is 2.20. The maximum absolute atomic E-state index is 12.2. The first-order chi connectivity index (χ1) is 14.6. The number of aromatic nitrogens is 1. The number of piperazine rings is 1. The minimum absolute atomic E-state index is 0. The van der Waals surface area contributed by atoms with Crippen LogP contribution in [0, 0.1) is 6.92 Å². The molecule has 2 heterocycles. The van der Waals surface area contributed by atoms with Crippen molar-refractivity contribution in [1.29, 1.82) is 0 Å². The van der Waals surface area contributed by atoms with Gasteiger partial charge in [0.15, 0.2) is 5.96 Å². The summed E-state index contributed by atoms with van der Waals surface area (Å²) in [4.78, 5) is 25.4. The molecule has 1 aromatic carbocycles. The predicted octanol–water partition coefficient (Wildman–Crippen LogP) is 2.74. The lowest BCUT2D eigenvalue weighted by atomic mass is 10.2. The van der Waals surface area contributed by atoms with E-state index in [1.54, 1.807) is 20.2 Å². The molecule has 2 N–H and O–H groups in total. The lowest BCUT2D eigenvalue weighted by Gasteiger charge is -2.37. The number of methoxy groups -OCH3 is 1. The van der Waals surface area contributed by atoms with E-state index in [2.05, 4.69) is 42.5 Å². The molecule has 0 bridgehead atoms. The molecule has 0 aliphatic carbocycles. The fourth-order valence-electron chi connectivity index (χ4n) is 3.42. The van der Waals surface area contributed by atoms with Gasteiger partial charge in [-0.1, -0.05) is 12.1 Å². The van der Waals surface area contributed by atoms with E-state index < -0.39 is 0 Å². The number of ether oxygens (including phenoxy) is 1. The molecule has 0 atom stereocenters. The summed E-state index contributed by atoms with van der Waals surface area (Å²) < 4.78 is 5.33. The first-order valence-corrected chi connectivity index (χ1v) is 10.2. The number of guanidine groups is 1. The molecule has 8 nitrogen and oxygen atoms in total. The van der Waals surface area contributed by atoms with E-state index in [1.807, 2.05) is 31.2 Å². The lowest BCUT2D eigenvalue weighted by Crippen LogP contribution is -2.52. The molecule has 1 fully saturated rings. The highest BCUT2D eigenvalue weighted by atomic mass is 127. The molecule has 168 valence electrons. The van der Waals surface area contributed by atoms with Gasteiger partial charge in [-0.15, -0.1) is 24.0 Å². The van der Waals surface area contributed by atoms with Crippen molar-refractivity contribution in [3.8, 4) is 5.75 Å². The Hall–Kier alpha value is -2.56. The van der Waals surface area contributed by atoms with Crippen LogP contribution in [0.1, 0.15) is 12.1 Å². The lowest BCUT2D eigenvalue weighted by molar-refractivity contribution is -0.116. The van der Waals surface area contributed by atoms with Crippen molar-refractivity contribution in [1.82, 2.24) is 15.2 Å². The molecule has 3 rings (SSSR count). The molecule has 0 radical (unpaired) electrons. The second-order valence-electron chi connectivity index (χ2n) is 7.11. The number of anilines is 2. The topological polar surface area (TPSA) is 82.1 Å². The van der Waals surface area contributed by atoms with Gasteiger partial charge in [0, 0.05) is 63.6 Å². The zero-order valence-electron chi connectivity index (χ0n) is 18.3. The number of hydrogen-bond donors (Lipinski definition) is 2. The summed E-state index contributed by atoms with van der Waals surface area (Å²) in [5, 5.41) is 6.12. The van der Waals surface area contributed by atoms with Crippen LogP contribution in [0.3, 0.4) is 0 Å². The summed E-state index contributed by atoms with van der Waals surface area (Å²) in [7, 11) is 3.46. The number of amides is 1. The first kappa shape index (κ1) is 24.7. The summed E-state index contributed by atoms with van der Waals surface area (Å²) in [5.41, 5.74) is 2.04. The number of nitrogens with one attached hydrogen (secondary N) is 2. The van der Waals surface area contributed by atoms with Crippen molar-refractivity contribution in [2.75, 3.05) is 57.1 Å². The first-order valence-electron chi connectivity index (χ1n) is 10.2. The average Bonchev–Trinajstić information content (AvgIpc) is 2.77. The van der Waals surface area contributed by atoms with E-state index in [9.17, 15) is 4.79 Å². The van der Waals surface area contributed by atoms with Gasteiger partial charge >= 0.3 is 0 Å². The van der Waals surface area contributed by atoms with Gasteiger partial charge in [0.05, 0.1) is 7.11 Å². The van der Waals surface area contributed by atoms with Crippen molar-refractivity contribution in [3.63, 3.8) is 0 Å². The zero-order chi connectivity index (χ0) is 21.3. The smallest absolute Gasteiger partial charge is 0.227 e. The minimum Gasteiger partial charge on any atom is -0.497 e. The Kier molecular flexibility index (Phi) is 9.83. The van der Waals surface area contributed by atoms with Crippen molar-refractivity contribution < 1.29 is 9.53 Å². The van der Waals surface area contributed by atoms with Gasteiger partial charge in [-0.2, -0.15) is 0 Å². The summed E-state index contributed by atoms with van der Waals surface area (Å²) in [6.07, 6.45) is 0.346. The molecule has 0 spiro atoms. The van der Waals surface area contributed by atoms with Crippen LogP contribution in [0.2, 0.25) is 0 Å². The van der Waals surface area contributed by atoms with E-state index >= 15 is 0 Å². The normalized spacial score (nSPS) is 14.0. The number of carbonyl (C=O) groups excluding carboxylic acids is 1. The summed E-state index contributed by atoms with van der Waals surface area (Å²) >= 11 is 0. The Balaban J connectivity index is 0.00000341.